The summed E-state index contributed by atoms with van der Waals surface area (Å²) in [5.74, 6) is 0. The lowest BCUT2D eigenvalue weighted by atomic mass is 10.2. The van der Waals surface area contributed by atoms with Crippen LogP contribution in [0.3, 0.4) is 0 Å². The van der Waals surface area contributed by atoms with E-state index in [0.717, 1.165) is 17.4 Å². The Labute approximate surface area is 74.3 Å². The van der Waals surface area contributed by atoms with Gasteiger partial charge in [-0.3, -0.25) is 0 Å². The van der Waals surface area contributed by atoms with Crippen LogP contribution in [0, 0.1) is 5.41 Å². The Balaban J connectivity index is 2.58. The Hall–Kier alpha value is -0.700. The van der Waals surface area contributed by atoms with Crippen LogP contribution in [-0.2, 0) is 6.42 Å². The predicted octanol–water partition coefficient (Wildman–Crippen LogP) is 2.43. The molecule has 2 nitrogen and oxygen atoms in total. The molecular formula is C8H9BrN2. The first kappa shape index (κ1) is 8.40. The Morgan fingerprint density at radius 1 is 1.55 bits per heavy atom. The molecule has 0 amide bonds. The lowest BCUT2D eigenvalue weighted by Gasteiger charge is -1.95. The average Bonchev–Trinajstić information content (AvgIpc) is 2.04. The van der Waals surface area contributed by atoms with Crippen molar-refractivity contribution >= 4 is 22.1 Å². The maximum atomic E-state index is 6.84. The van der Waals surface area contributed by atoms with Crippen molar-refractivity contribution in [2.75, 3.05) is 0 Å². The molecule has 3 heteroatoms. The van der Waals surface area contributed by atoms with E-state index in [4.69, 9.17) is 5.41 Å². The summed E-state index contributed by atoms with van der Waals surface area (Å²) in [5.41, 5.74) is 1.18. The summed E-state index contributed by atoms with van der Waals surface area (Å²) < 4.78 is 0.858. The molecule has 1 aromatic rings. The minimum atomic E-state index is 0.795. The SMILES string of the molecule is N=CCCc1ccc(Br)nc1. The van der Waals surface area contributed by atoms with Gasteiger partial charge < -0.3 is 5.41 Å². The zero-order chi connectivity index (χ0) is 8.10. The number of nitrogens with one attached hydrogen (secondary N) is 1. The van der Waals surface area contributed by atoms with Gasteiger partial charge in [-0.05, 0) is 46.6 Å². The van der Waals surface area contributed by atoms with E-state index >= 15 is 0 Å². The topological polar surface area (TPSA) is 36.7 Å². The van der Waals surface area contributed by atoms with Crippen LogP contribution in [0.2, 0.25) is 0 Å². The Kier molecular flexibility index (Phi) is 3.23. The second kappa shape index (κ2) is 4.23. The van der Waals surface area contributed by atoms with E-state index < -0.39 is 0 Å². The van der Waals surface area contributed by atoms with Gasteiger partial charge in [0.1, 0.15) is 4.60 Å². The van der Waals surface area contributed by atoms with E-state index in [1.54, 1.807) is 0 Å². The first-order valence-electron chi connectivity index (χ1n) is 3.42. The third-order valence-corrected chi connectivity index (χ3v) is 1.84. The van der Waals surface area contributed by atoms with E-state index in [1.807, 2.05) is 18.3 Å². The summed E-state index contributed by atoms with van der Waals surface area (Å²) in [7, 11) is 0. The fraction of sp³-hybridized carbons (Fsp3) is 0.250. The van der Waals surface area contributed by atoms with Crippen molar-refractivity contribution in [2.24, 2.45) is 0 Å². The number of aromatic nitrogens is 1. The average molecular weight is 213 g/mol. The van der Waals surface area contributed by atoms with Crippen molar-refractivity contribution in [1.82, 2.24) is 4.98 Å². The molecule has 58 valence electrons. The molecule has 0 fully saturated rings. The fourth-order valence-electron chi connectivity index (χ4n) is 0.793. The normalized spacial score (nSPS) is 9.55. The highest BCUT2D eigenvalue weighted by Gasteiger charge is 1.91. The molecule has 0 atom stereocenters. The third kappa shape index (κ3) is 2.80. The number of rotatable bonds is 3. The van der Waals surface area contributed by atoms with Crippen molar-refractivity contribution < 1.29 is 0 Å². The first-order chi connectivity index (χ1) is 5.33. The van der Waals surface area contributed by atoms with Gasteiger partial charge in [-0.25, -0.2) is 4.98 Å². The van der Waals surface area contributed by atoms with Crippen LogP contribution in [-0.4, -0.2) is 11.2 Å². The number of nitrogens with zero attached hydrogens (tertiary/aromatic N) is 1. The van der Waals surface area contributed by atoms with Gasteiger partial charge in [0.2, 0.25) is 0 Å². The van der Waals surface area contributed by atoms with Crippen molar-refractivity contribution in [3.63, 3.8) is 0 Å². The molecule has 11 heavy (non-hydrogen) atoms. The van der Waals surface area contributed by atoms with E-state index in [9.17, 15) is 0 Å². The predicted molar refractivity (Wildman–Crippen MR) is 49.0 cm³/mol. The second-order valence-electron chi connectivity index (χ2n) is 2.23. The fourth-order valence-corrected chi connectivity index (χ4v) is 1.03. The van der Waals surface area contributed by atoms with Crippen LogP contribution in [0.5, 0.6) is 0 Å². The molecule has 0 bridgehead atoms. The van der Waals surface area contributed by atoms with Gasteiger partial charge in [-0.15, -0.1) is 0 Å². The Morgan fingerprint density at radius 3 is 2.91 bits per heavy atom. The maximum absolute atomic E-state index is 6.84. The van der Waals surface area contributed by atoms with Crippen LogP contribution < -0.4 is 0 Å². The summed E-state index contributed by atoms with van der Waals surface area (Å²) >= 11 is 3.26. The highest BCUT2D eigenvalue weighted by atomic mass is 79.9. The minimum Gasteiger partial charge on any atom is -0.313 e. The molecule has 0 aliphatic carbocycles. The summed E-state index contributed by atoms with van der Waals surface area (Å²) in [4.78, 5) is 4.07. The van der Waals surface area contributed by atoms with Crippen molar-refractivity contribution in [3.05, 3.63) is 28.5 Å². The van der Waals surface area contributed by atoms with Gasteiger partial charge in [0.25, 0.3) is 0 Å². The number of hydrogen-bond acceptors (Lipinski definition) is 2. The van der Waals surface area contributed by atoms with Crippen LogP contribution in [0.1, 0.15) is 12.0 Å². The van der Waals surface area contributed by atoms with Crippen molar-refractivity contribution in [1.29, 1.82) is 5.41 Å². The standard InChI is InChI=1S/C8H9BrN2/c9-8-4-3-7(6-11-8)2-1-5-10/h3-6,10H,1-2H2. The minimum absolute atomic E-state index is 0.795. The summed E-state index contributed by atoms with van der Waals surface area (Å²) in [5, 5.41) is 6.84. The molecule has 1 aromatic heterocycles. The van der Waals surface area contributed by atoms with Gasteiger partial charge in [-0.2, -0.15) is 0 Å². The number of hydrogen-bond donors (Lipinski definition) is 1. The first-order valence-corrected chi connectivity index (χ1v) is 4.21. The molecule has 0 aliphatic heterocycles. The summed E-state index contributed by atoms with van der Waals surface area (Å²) in [6.07, 6.45) is 4.95. The zero-order valence-corrected chi connectivity index (χ0v) is 7.63. The molecule has 1 rings (SSSR count). The lowest BCUT2D eigenvalue weighted by molar-refractivity contribution is 1.02. The molecule has 0 saturated carbocycles. The Morgan fingerprint density at radius 2 is 2.36 bits per heavy atom. The number of halogens is 1. The highest BCUT2D eigenvalue weighted by molar-refractivity contribution is 9.10. The van der Waals surface area contributed by atoms with E-state index in [2.05, 4.69) is 20.9 Å². The van der Waals surface area contributed by atoms with Crippen LogP contribution in [0.4, 0.5) is 0 Å². The molecular weight excluding hydrogens is 204 g/mol. The highest BCUT2D eigenvalue weighted by Crippen LogP contribution is 2.07. The zero-order valence-electron chi connectivity index (χ0n) is 6.05. The van der Waals surface area contributed by atoms with E-state index in [0.29, 0.717) is 0 Å². The van der Waals surface area contributed by atoms with E-state index in [1.165, 1.54) is 11.8 Å². The van der Waals surface area contributed by atoms with Gasteiger partial charge in [0.15, 0.2) is 0 Å². The van der Waals surface area contributed by atoms with Crippen LogP contribution >= 0.6 is 15.9 Å². The molecule has 0 aliphatic rings. The van der Waals surface area contributed by atoms with Crippen molar-refractivity contribution in [2.45, 2.75) is 12.8 Å². The largest absolute Gasteiger partial charge is 0.313 e. The maximum Gasteiger partial charge on any atom is 0.106 e. The van der Waals surface area contributed by atoms with Crippen molar-refractivity contribution in [3.8, 4) is 0 Å². The molecule has 0 unspecified atom stereocenters. The van der Waals surface area contributed by atoms with E-state index in [-0.39, 0.29) is 0 Å². The monoisotopic (exact) mass is 212 g/mol. The smallest absolute Gasteiger partial charge is 0.106 e. The Bertz CT molecular complexity index is 230. The summed E-state index contributed by atoms with van der Waals surface area (Å²) in [6.45, 7) is 0. The van der Waals surface area contributed by atoms with Gasteiger partial charge in [0.05, 0.1) is 0 Å². The van der Waals surface area contributed by atoms with Gasteiger partial charge >= 0.3 is 0 Å². The second-order valence-corrected chi connectivity index (χ2v) is 3.04. The molecule has 0 saturated heterocycles. The van der Waals surface area contributed by atoms with Gasteiger partial charge in [-0.1, -0.05) is 6.07 Å². The quantitative estimate of drug-likeness (QED) is 0.607. The summed E-state index contributed by atoms with van der Waals surface area (Å²) in [6, 6.07) is 3.93. The van der Waals surface area contributed by atoms with Crippen LogP contribution in [0.15, 0.2) is 22.9 Å². The van der Waals surface area contributed by atoms with Gasteiger partial charge in [0, 0.05) is 6.20 Å². The molecule has 1 heterocycles. The third-order valence-electron chi connectivity index (χ3n) is 1.37. The number of aryl methyl sites for hydroxylation is 1. The molecule has 0 aromatic carbocycles. The molecule has 1 N–H and O–H groups in total. The molecule has 0 spiro atoms. The lowest BCUT2D eigenvalue weighted by Crippen LogP contribution is -1.86. The molecule has 0 radical (unpaired) electrons. The number of pyridine rings is 1. The van der Waals surface area contributed by atoms with Crippen LogP contribution in [0.25, 0.3) is 0 Å².